The third-order valence-corrected chi connectivity index (χ3v) is 7.64. The van der Waals surface area contributed by atoms with Crippen molar-refractivity contribution in [2.24, 2.45) is 11.7 Å². The van der Waals surface area contributed by atoms with E-state index in [4.69, 9.17) is 10.5 Å². The Balaban J connectivity index is 2.05. The summed E-state index contributed by atoms with van der Waals surface area (Å²) >= 11 is 1.10. The number of carbonyl (C=O) groups excluding carboxylic acids is 2. The van der Waals surface area contributed by atoms with Gasteiger partial charge in [0.1, 0.15) is 9.77 Å². The molecule has 1 aromatic heterocycles. The minimum absolute atomic E-state index is 0.0162. The number of methoxy groups -OCH3 is 1. The zero-order valence-corrected chi connectivity index (χ0v) is 15.2. The van der Waals surface area contributed by atoms with Crippen LogP contribution in [0.15, 0.2) is 29.2 Å². The molecule has 3 rings (SSSR count). The van der Waals surface area contributed by atoms with E-state index in [1.165, 1.54) is 11.4 Å². The summed E-state index contributed by atoms with van der Waals surface area (Å²) in [4.78, 5) is 23.5. The van der Waals surface area contributed by atoms with E-state index in [9.17, 15) is 18.0 Å². The van der Waals surface area contributed by atoms with Crippen molar-refractivity contribution in [2.75, 3.05) is 20.2 Å². The molecule has 0 aliphatic carbocycles. The molecule has 1 aromatic carbocycles. The molecule has 1 aliphatic rings. The number of hydrogen-bond donors (Lipinski definition) is 1. The van der Waals surface area contributed by atoms with Crippen LogP contribution in [0.5, 0.6) is 0 Å². The highest BCUT2D eigenvalue weighted by Crippen LogP contribution is 2.37. The molecule has 1 fully saturated rings. The van der Waals surface area contributed by atoms with Gasteiger partial charge in [-0.25, -0.2) is 13.2 Å². The number of nitrogens with two attached hydrogens (primary N) is 1. The highest BCUT2D eigenvalue weighted by Gasteiger charge is 2.36. The van der Waals surface area contributed by atoms with Gasteiger partial charge in [-0.15, -0.1) is 11.3 Å². The predicted octanol–water partition coefficient (Wildman–Crippen LogP) is 1.57. The minimum atomic E-state index is -3.89. The average Bonchev–Trinajstić information content (AvgIpc) is 3.01. The molecule has 134 valence electrons. The Morgan fingerprint density at radius 2 is 1.88 bits per heavy atom. The number of esters is 1. The number of nitrogens with zero attached hydrogens (tertiary/aromatic N) is 1. The van der Waals surface area contributed by atoms with Crippen LogP contribution in [0.3, 0.4) is 0 Å². The van der Waals surface area contributed by atoms with Crippen LogP contribution < -0.4 is 5.73 Å². The average molecular weight is 382 g/mol. The smallest absolute Gasteiger partial charge is 0.349 e. The first-order valence-electron chi connectivity index (χ1n) is 7.75. The molecule has 2 aromatic rings. The Hall–Kier alpha value is -1.97. The molecule has 1 saturated heterocycles. The van der Waals surface area contributed by atoms with Crippen LogP contribution in [0, 0.1) is 5.92 Å². The van der Waals surface area contributed by atoms with Gasteiger partial charge in [0.15, 0.2) is 0 Å². The molecule has 9 heteroatoms. The number of rotatable bonds is 4. The summed E-state index contributed by atoms with van der Waals surface area (Å²) < 4.78 is 33.2. The van der Waals surface area contributed by atoms with Crippen molar-refractivity contribution < 1.29 is 22.7 Å². The van der Waals surface area contributed by atoms with Gasteiger partial charge < -0.3 is 10.5 Å². The quantitative estimate of drug-likeness (QED) is 0.808. The van der Waals surface area contributed by atoms with E-state index >= 15 is 0 Å². The van der Waals surface area contributed by atoms with Gasteiger partial charge in [0, 0.05) is 29.1 Å². The SMILES string of the molecule is COC(=O)c1sc2ccccc2c1S(=O)(=O)N1CCC(C(N)=O)CC1. The minimum Gasteiger partial charge on any atom is -0.465 e. The molecule has 0 spiro atoms. The van der Waals surface area contributed by atoms with Gasteiger partial charge in [-0.1, -0.05) is 18.2 Å². The summed E-state index contributed by atoms with van der Waals surface area (Å²) in [6.45, 7) is 0.390. The Bertz CT molecular complexity index is 927. The zero-order chi connectivity index (χ0) is 18.2. The van der Waals surface area contributed by atoms with Gasteiger partial charge >= 0.3 is 5.97 Å². The number of benzene rings is 1. The van der Waals surface area contributed by atoms with Gasteiger partial charge in [-0.2, -0.15) is 4.31 Å². The maximum atomic E-state index is 13.2. The first kappa shape index (κ1) is 17.8. The lowest BCUT2D eigenvalue weighted by Gasteiger charge is -2.29. The van der Waals surface area contributed by atoms with Crippen LogP contribution in [0.4, 0.5) is 0 Å². The molecule has 0 atom stereocenters. The van der Waals surface area contributed by atoms with Gasteiger partial charge in [-0.05, 0) is 18.9 Å². The van der Waals surface area contributed by atoms with Crippen molar-refractivity contribution in [3.8, 4) is 0 Å². The standard InChI is InChI=1S/C16H18N2O5S2/c1-23-16(20)13-14(11-4-2-3-5-12(11)24-13)25(21,22)18-8-6-10(7-9-18)15(17)19/h2-5,10H,6-9H2,1H3,(H2,17,19). The fraction of sp³-hybridized carbons (Fsp3) is 0.375. The van der Waals surface area contributed by atoms with Crippen molar-refractivity contribution in [1.29, 1.82) is 0 Å². The van der Waals surface area contributed by atoms with Crippen LogP contribution in [-0.4, -0.2) is 44.8 Å². The van der Waals surface area contributed by atoms with Gasteiger partial charge in [0.05, 0.1) is 7.11 Å². The van der Waals surface area contributed by atoms with E-state index in [0.717, 1.165) is 11.3 Å². The van der Waals surface area contributed by atoms with Gasteiger partial charge in [0.25, 0.3) is 0 Å². The largest absolute Gasteiger partial charge is 0.465 e. The van der Waals surface area contributed by atoms with Crippen LogP contribution in [0.2, 0.25) is 0 Å². The van der Waals surface area contributed by atoms with E-state index in [0.29, 0.717) is 22.9 Å². The predicted molar refractivity (Wildman–Crippen MR) is 93.8 cm³/mol. The van der Waals surface area contributed by atoms with E-state index in [2.05, 4.69) is 0 Å². The Labute approximate surface area is 149 Å². The summed E-state index contributed by atoms with van der Waals surface area (Å²) in [7, 11) is -2.67. The Morgan fingerprint density at radius 1 is 1.24 bits per heavy atom. The number of thiophene rings is 1. The molecule has 1 aliphatic heterocycles. The topological polar surface area (TPSA) is 107 Å². The third kappa shape index (κ3) is 3.14. The van der Waals surface area contributed by atoms with Crippen LogP contribution in [0.25, 0.3) is 10.1 Å². The van der Waals surface area contributed by atoms with Crippen molar-refractivity contribution in [1.82, 2.24) is 4.31 Å². The monoisotopic (exact) mass is 382 g/mol. The number of sulfonamides is 1. The van der Waals surface area contributed by atoms with E-state index in [1.807, 2.05) is 0 Å². The van der Waals surface area contributed by atoms with Crippen molar-refractivity contribution in [2.45, 2.75) is 17.7 Å². The summed E-state index contributed by atoms with van der Waals surface area (Å²) in [6.07, 6.45) is 0.758. The highest BCUT2D eigenvalue weighted by atomic mass is 32.2. The van der Waals surface area contributed by atoms with Crippen LogP contribution in [0.1, 0.15) is 22.5 Å². The summed E-state index contributed by atoms with van der Waals surface area (Å²) in [6, 6.07) is 6.97. The Kier molecular flexibility index (Phi) is 4.81. The second-order valence-electron chi connectivity index (χ2n) is 5.83. The first-order chi connectivity index (χ1) is 11.9. The number of fused-ring (bicyclic) bond motifs is 1. The lowest BCUT2D eigenvalue weighted by Crippen LogP contribution is -2.41. The number of amides is 1. The summed E-state index contributed by atoms with van der Waals surface area (Å²) in [5, 5.41) is 0.505. The highest BCUT2D eigenvalue weighted by molar-refractivity contribution is 7.89. The maximum absolute atomic E-state index is 13.2. The fourth-order valence-corrected chi connectivity index (χ4v) is 6.26. The molecule has 2 N–H and O–H groups in total. The number of carbonyl (C=O) groups is 2. The molecular weight excluding hydrogens is 364 g/mol. The molecule has 0 saturated carbocycles. The molecule has 1 amide bonds. The van der Waals surface area contributed by atoms with E-state index in [1.54, 1.807) is 24.3 Å². The number of primary amides is 1. The number of piperidine rings is 1. The number of hydrogen-bond acceptors (Lipinski definition) is 6. The molecule has 0 bridgehead atoms. The van der Waals surface area contributed by atoms with Crippen molar-refractivity contribution in [3.05, 3.63) is 29.1 Å². The van der Waals surface area contributed by atoms with Gasteiger partial charge in [-0.3, -0.25) is 4.79 Å². The fourth-order valence-electron chi connectivity index (χ4n) is 3.01. The third-order valence-electron chi connectivity index (χ3n) is 4.37. The molecule has 25 heavy (non-hydrogen) atoms. The normalized spacial score (nSPS) is 16.8. The lowest BCUT2D eigenvalue weighted by atomic mass is 9.98. The zero-order valence-electron chi connectivity index (χ0n) is 13.6. The molecule has 0 radical (unpaired) electrons. The Morgan fingerprint density at radius 3 is 2.48 bits per heavy atom. The second-order valence-corrected chi connectivity index (χ2v) is 8.76. The molecule has 0 unspecified atom stereocenters. The van der Waals surface area contributed by atoms with Gasteiger partial charge in [0.2, 0.25) is 15.9 Å². The molecule has 2 heterocycles. The molecular formula is C16H18N2O5S2. The lowest BCUT2D eigenvalue weighted by molar-refractivity contribution is -0.122. The van der Waals surface area contributed by atoms with Crippen LogP contribution >= 0.6 is 11.3 Å². The van der Waals surface area contributed by atoms with E-state index in [-0.39, 0.29) is 28.8 Å². The van der Waals surface area contributed by atoms with Crippen LogP contribution in [-0.2, 0) is 19.6 Å². The summed E-state index contributed by atoms with van der Waals surface area (Å²) in [5.41, 5.74) is 5.31. The first-order valence-corrected chi connectivity index (χ1v) is 10.0. The second kappa shape index (κ2) is 6.74. The van der Waals surface area contributed by atoms with Crippen molar-refractivity contribution >= 4 is 43.3 Å². The maximum Gasteiger partial charge on any atom is 0.349 e. The van der Waals surface area contributed by atoms with E-state index < -0.39 is 21.9 Å². The summed E-state index contributed by atoms with van der Waals surface area (Å²) in [5.74, 6) is -1.40. The number of ether oxygens (including phenoxy) is 1. The molecule has 7 nitrogen and oxygen atoms in total. The van der Waals surface area contributed by atoms with Crippen molar-refractivity contribution in [3.63, 3.8) is 0 Å².